The lowest BCUT2D eigenvalue weighted by Crippen LogP contribution is -2.49. The molecule has 1 saturated heterocycles. The number of nitrogens with one attached hydrogen (secondary N) is 1. The monoisotopic (exact) mass is 195 g/mol. The Morgan fingerprint density at radius 3 is 2.29 bits per heavy atom. The second-order valence-electron chi connectivity index (χ2n) is 6.53. The molecule has 1 saturated carbocycles. The van der Waals surface area contributed by atoms with Gasteiger partial charge in [-0.2, -0.15) is 0 Å². The molecule has 0 aromatic carbocycles. The molecule has 2 rings (SSSR count). The minimum atomic E-state index is 0.440. The van der Waals surface area contributed by atoms with Crippen LogP contribution in [0.1, 0.15) is 59.3 Å². The molecule has 1 nitrogen and oxygen atoms in total. The Labute approximate surface area is 88.7 Å². The van der Waals surface area contributed by atoms with Gasteiger partial charge < -0.3 is 5.32 Å². The van der Waals surface area contributed by atoms with E-state index in [4.69, 9.17) is 0 Å². The van der Waals surface area contributed by atoms with Gasteiger partial charge in [0.15, 0.2) is 0 Å². The smallest absolute Gasteiger partial charge is 0.0121 e. The maximum Gasteiger partial charge on any atom is 0.0121 e. The first kappa shape index (κ1) is 10.5. The van der Waals surface area contributed by atoms with Crippen LogP contribution in [-0.2, 0) is 0 Å². The summed E-state index contributed by atoms with van der Waals surface area (Å²) in [5, 5.41) is 3.71. The lowest BCUT2D eigenvalue weighted by molar-refractivity contribution is 0.110. The van der Waals surface area contributed by atoms with Gasteiger partial charge in [0.05, 0.1) is 0 Å². The van der Waals surface area contributed by atoms with E-state index in [1.807, 2.05) is 0 Å². The van der Waals surface area contributed by atoms with Crippen molar-refractivity contribution in [3.05, 3.63) is 0 Å². The topological polar surface area (TPSA) is 12.0 Å². The Kier molecular flexibility index (Phi) is 2.63. The maximum absolute atomic E-state index is 3.71. The van der Waals surface area contributed by atoms with Gasteiger partial charge in [0.25, 0.3) is 0 Å². The Morgan fingerprint density at radius 1 is 1.07 bits per heavy atom. The van der Waals surface area contributed by atoms with Crippen molar-refractivity contribution in [1.82, 2.24) is 5.32 Å². The fraction of sp³-hybridized carbons (Fsp3) is 1.00. The highest BCUT2D eigenvalue weighted by atomic mass is 14.9. The van der Waals surface area contributed by atoms with Gasteiger partial charge in [0.2, 0.25) is 0 Å². The summed E-state index contributed by atoms with van der Waals surface area (Å²) >= 11 is 0. The highest BCUT2D eigenvalue weighted by Gasteiger charge is 2.41. The van der Waals surface area contributed by atoms with Crippen LogP contribution in [0, 0.1) is 10.8 Å². The number of hydrogen-bond acceptors (Lipinski definition) is 1. The first-order valence-electron chi connectivity index (χ1n) is 6.25. The summed E-state index contributed by atoms with van der Waals surface area (Å²) in [6, 6.07) is 0.745. The number of piperidine rings is 1. The lowest BCUT2D eigenvalue weighted by Gasteiger charge is -2.44. The van der Waals surface area contributed by atoms with E-state index in [1.165, 1.54) is 45.1 Å². The van der Waals surface area contributed by atoms with Crippen molar-refractivity contribution in [1.29, 1.82) is 0 Å². The van der Waals surface area contributed by atoms with Crippen molar-refractivity contribution in [3.8, 4) is 0 Å². The third-order valence-electron chi connectivity index (χ3n) is 4.39. The Hall–Kier alpha value is -0.0400. The van der Waals surface area contributed by atoms with Crippen molar-refractivity contribution in [2.75, 3.05) is 6.54 Å². The molecule has 1 heteroatoms. The van der Waals surface area contributed by atoms with Gasteiger partial charge in [-0.25, -0.2) is 0 Å². The molecule has 14 heavy (non-hydrogen) atoms. The summed E-state index contributed by atoms with van der Waals surface area (Å²) in [4.78, 5) is 0. The van der Waals surface area contributed by atoms with Gasteiger partial charge in [-0.15, -0.1) is 0 Å². The number of rotatable bonds is 0. The molecule has 2 aliphatic rings. The van der Waals surface area contributed by atoms with Crippen molar-refractivity contribution in [3.63, 3.8) is 0 Å². The summed E-state index contributed by atoms with van der Waals surface area (Å²) < 4.78 is 0. The van der Waals surface area contributed by atoms with Crippen LogP contribution < -0.4 is 5.32 Å². The predicted molar refractivity (Wildman–Crippen MR) is 61.4 cm³/mol. The fourth-order valence-corrected chi connectivity index (χ4v) is 3.31. The van der Waals surface area contributed by atoms with Crippen LogP contribution in [0.3, 0.4) is 0 Å². The molecular weight excluding hydrogens is 170 g/mol. The van der Waals surface area contributed by atoms with Crippen LogP contribution in [0.2, 0.25) is 0 Å². The molecule has 0 amide bonds. The van der Waals surface area contributed by atoms with Crippen LogP contribution >= 0.6 is 0 Å². The van der Waals surface area contributed by atoms with Crippen LogP contribution in [0.25, 0.3) is 0 Å². The molecule has 1 heterocycles. The van der Waals surface area contributed by atoms with Crippen LogP contribution in [-0.4, -0.2) is 12.6 Å². The lowest BCUT2D eigenvalue weighted by atomic mass is 9.69. The van der Waals surface area contributed by atoms with Crippen molar-refractivity contribution in [2.24, 2.45) is 10.8 Å². The largest absolute Gasteiger partial charge is 0.313 e. The van der Waals surface area contributed by atoms with Crippen LogP contribution in [0.5, 0.6) is 0 Å². The molecule has 0 aromatic heterocycles. The van der Waals surface area contributed by atoms with E-state index in [0.29, 0.717) is 5.41 Å². The number of hydrogen-bond donors (Lipinski definition) is 1. The van der Waals surface area contributed by atoms with Crippen molar-refractivity contribution >= 4 is 0 Å². The highest BCUT2D eigenvalue weighted by Crippen LogP contribution is 2.48. The molecule has 0 bridgehead atoms. The maximum atomic E-state index is 3.71. The normalized spacial score (nSPS) is 32.4. The second-order valence-corrected chi connectivity index (χ2v) is 6.53. The molecule has 1 unspecified atom stereocenters. The average molecular weight is 195 g/mol. The van der Waals surface area contributed by atoms with E-state index in [1.54, 1.807) is 0 Å². The van der Waals surface area contributed by atoms with Gasteiger partial charge in [0, 0.05) is 6.04 Å². The minimum Gasteiger partial charge on any atom is -0.313 e. The summed E-state index contributed by atoms with van der Waals surface area (Å²) in [7, 11) is 0. The predicted octanol–water partition coefficient (Wildman–Crippen LogP) is 3.34. The van der Waals surface area contributed by atoms with Gasteiger partial charge >= 0.3 is 0 Å². The molecule has 1 aliphatic carbocycles. The van der Waals surface area contributed by atoms with E-state index in [9.17, 15) is 0 Å². The zero-order chi connectivity index (χ0) is 10.2. The standard InChI is InChI=1S/C13H25N/c1-12(2,3)11-10-13(8-9-14-11)6-4-5-7-13/h11,14H,4-10H2,1-3H3. The van der Waals surface area contributed by atoms with Crippen LogP contribution in [0.15, 0.2) is 0 Å². The van der Waals surface area contributed by atoms with Crippen molar-refractivity contribution < 1.29 is 0 Å². The molecule has 1 N–H and O–H groups in total. The third kappa shape index (κ3) is 1.98. The highest BCUT2D eigenvalue weighted by molar-refractivity contribution is 4.96. The Balaban J connectivity index is 2.03. The van der Waals surface area contributed by atoms with Crippen molar-refractivity contribution in [2.45, 2.75) is 65.3 Å². The van der Waals surface area contributed by atoms with Gasteiger partial charge in [-0.05, 0) is 43.1 Å². The summed E-state index contributed by atoms with van der Waals surface area (Å²) in [5.74, 6) is 0. The third-order valence-corrected chi connectivity index (χ3v) is 4.39. The van der Waals surface area contributed by atoms with E-state index in [-0.39, 0.29) is 0 Å². The molecule has 1 spiro atoms. The molecule has 2 fully saturated rings. The SMILES string of the molecule is CC(C)(C)C1CC2(CCCC2)CCN1. The first-order valence-corrected chi connectivity index (χ1v) is 6.25. The van der Waals surface area contributed by atoms with E-state index in [2.05, 4.69) is 26.1 Å². The minimum absolute atomic E-state index is 0.440. The summed E-state index contributed by atoms with van der Waals surface area (Å²) in [6.45, 7) is 8.37. The molecule has 0 radical (unpaired) electrons. The van der Waals surface area contributed by atoms with E-state index < -0.39 is 0 Å². The zero-order valence-electron chi connectivity index (χ0n) is 10.0. The molecule has 1 aliphatic heterocycles. The Bertz CT molecular complexity index is 196. The molecule has 0 aromatic rings. The van der Waals surface area contributed by atoms with Gasteiger partial charge in [-0.1, -0.05) is 33.6 Å². The molecular formula is C13H25N. The van der Waals surface area contributed by atoms with Crippen LogP contribution in [0.4, 0.5) is 0 Å². The van der Waals surface area contributed by atoms with E-state index in [0.717, 1.165) is 11.5 Å². The van der Waals surface area contributed by atoms with Gasteiger partial charge in [0.1, 0.15) is 0 Å². The molecule has 1 atom stereocenters. The Morgan fingerprint density at radius 2 is 1.71 bits per heavy atom. The van der Waals surface area contributed by atoms with E-state index >= 15 is 0 Å². The van der Waals surface area contributed by atoms with Gasteiger partial charge in [-0.3, -0.25) is 0 Å². The summed E-state index contributed by atoms with van der Waals surface area (Å²) in [5.41, 5.74) is 1.18. The average Bonchev–Trinajstić information content (AvgIpc) is 2.52. The fourth-order valence-electron chi connectivity index (χ4n) is 3.31. The first-order chi connectivity index (χ1) is 6.52. The zero-order valence-corrected chi connectivity index (χ0v) is 10.0. The molecule has 82 valence electrons. The second kappa shape index (κ2) is 3.52. The summed E-state index contributed by atoms with van der Waals surface area (Å²) in [6.07, 6.45) is 8.83. The quantitative estimate of drug-likeness (QED) is 0.625.